The highest BCUT2D eigenvalue weighted by Gasteiger charge is 2.21. The molecule has 146 valence electrons. The van der Waals surface area contributed by atoms with E-state index in [1.54, 1.807) is 36.4 Å². The fourth-order valence-electron chi connectivity index (χ4n) is 2.87. The highest BCUT2D eigenvalue weighted by molar-refractivity contribution is 6.34. The van der Waals surface area contributed by atoms with Gasteiger partial charge in [0.05, 0.1) is 10.7 Å². The van der Waals surface area contributed by atoms with E-state index in [1.165, 1.54) is 6.08 Å². The summed E-state index contributed by atoms with van der Waals surface area (Å²) < 4.78 is 0. The molecule has 7 heteroatoms. The third-order valence-corrected chi connectivity index (χ3v) is 5.14. The molecule has 0 atom stereocenters. The van der Waals surface area contributed by atoms with Crippen LogP contribution < -0.4 is 5.32 Å². The predicted molar refractivity (Wildman–Crippen MR) is 114 cm³/mol. The molecule has 1 fully saturated rings. The molecular weight excluding hydrogens is 397 g/mol. The first-order valence-corrected chi connectivity index (χ1v) is 9.70. The zero-order chi connectivity index (χ0) is 20.1. The summed E-state index contributed by atoms with van der Waals surface area (Å²) in [4.78, 5) is 29.0. The summed E-state index contributed by atoms with van der Waals surface area (Å²) in [6.45, 7) is 3.06. The molecule has 1 aliphatic rings. The SMILES string of the molecule is CN1CCN(C(=O)c2ccc(Cl)c(NC(=O)/C=C/c3ccc(Cl)cc3)c2)CC1. The Morgan fingerprint density at radius 1 is 1.00 bits per heavy atom. The third-order valence-electron chi connectivity index (χ3n) is 4.56. The molecule has 0 bridgehead atoms. The van der Waals surface area contributed by atoms with Crippen LogP contribution in [0.2, 0.25) is 10.0 Å². The molecule has 2 aromatic carbocycles. The minimum atomic E-state index is -0.332. The van der Waals surface area contributed by atoms with Gasteiger partial charge in [-0.2, -0.15) is 0 Å². The van der Waals surface area contributed by atoms with Gasteiger partial charge in [-0.1, -0.05) is 35.3 Å². The van der Waals surface area contributed by atoms with Crippen LogP contribution in [0.1, 0.15) is 15.9 Å². The van der Waals surface area contributed by atoms with Crippen LogP contribution in [0.4, 0.5) is 5.69 Å². The van der Waals surface area contributed by atoms with Gasteiger partial charge in [-0.25, -0.2) is 0 Å². The molecule has 1 aliphatic heterocycles. The molecule has 5 nitrogen and oxygen atoms in total. The standard InChI is InChI=1S/C21H21Cl2N3O2/c1-25-10-12-26(13-11-25)21(28)16-5-8-18(23)19(14-16)24-20(27)9-4-15-2-6-17(22)7-3-15/h2-9,14H,10-13H2,1H3,(H,24,27)/b9-4+. The molecule has 3 rings (SSSR count). The van der Waals surface area contributed by atoms with Crippen molar-refractivity contribution in [3.8, 4) is 0 Å². The van der Waals surface area contributed by atoms with Gasteiger partial charge in [-0.15, -0.1) is 0 Å². The number of benzene rings is 2. The van der Waals surface area contributed by atoms with Crippen molar-refractivity contribution in [2.75, 3.05) is 38.5 Å². The number of likely N-dealkylation sites (N-methyl/N-ethyl adjacent to an activating group) is 1. The minimum absolute atomic E-state index is 0.0584. The van der Waals surface area contributed by atoms with Crippen molar-refractivity contribution < 1.29 is 9.59 Å². The third kappa shape index (κ3) is 5.35. The van der Waals surface area contributed by atoms with Gasteiger partial charge < -0.3 is 15.1 Å². The molecule has 0 spiro atoms. The summed E-state index contributed by atoms with van der Waals surface area (Å²) in [5, 5.41) is 3.75. The molecular formula is C21H21Cl2N3O2. The summed E-state index contributed by atoms with van der Waals surface area (Å²) >= 11 is 12.1. The summed E-state index contributed by atoms with van der Waals surface area (Å²) in [5.41, 5.74) is 1.77. The number of amides is 2. The molecule has 1 heterocycles. The van der Waals surface area contributed by atoms with E-state index in [0.717, 1.165) is 18.7 Å². The molecule has 1 saturated heterocycles. The van der Waals surface area contributed by atoms with Gasteiger partial charge >= 0.3 is 0 Å². The molecule has 2 amide bonds. The van der Waals surface area contributed by atoms with Crippen molar-refractivity contribution >= 4 is 46.8 Å². The number of nitrogens with zero attached hydrogens (tertiary/aromatic N) is 2. The Morgan fingerprint density at radius 2 is 1.68 bits per heavy atom. The highest BCUT2D eigenvalue weighted by Crippen LogP contribution is 2.24. The van der Waals surface area contributed by atoms with E-state index in [2.05, 4.69) is 10.2 Å². The molecule has 0 saturated carbocycles. The van der Waals surface area contributed by atoms with Crippen molar-refractivity contribution in [3.63, 3.8) is 0 Å². The lowest BCUT2D eigenvalue weighted by molar-refractivity contribution is -0.111. The van der Waals surface area contributed by atoms with Gasteiger partial charge in [0.25, 0.3) is 5.91 Å². The fourth-order valence-corrected chi connectivity index (χ4v) is 3.16. The Kier molecular flexibility index (Phi) is 6.73. The Hall–Kier alpha value is -2.34. The quantitative estimate of drug-likeness (QED) is 0.763. The molecule has 2 aromatic rings. The first kappa shape index (κ1) is 20.4. The van der Waals surface area contributed by atoms with Gasteiger partial charge in [-0.3, -0.25) is 9.59 Å². The molecule has 28 heavy (non-hydrogen) atoms. The van der Waals surface area contributed by atoms with Crippen molar-refractivity contribution in [1.29, 1.82) is 0 Å². The topological polar surface area (TPSA) is 52.6 Å². The van der Waals surface area contributed by atoms with E-state index in [-0.39, 0.29) is 11.8 Å². The Morgan fingerprint density at radius 3 is 2.36 bits per heavy atom. The number of carbonyl (C=O) groups excluding carboxylic acids is 2. The molecule has 0 radical (unpaired) electrons. The zero-order valence-corrected chi connectivity index (χ0v) is 17.0. The van der Waals surface area contributed by atoms with E-state index in [4.69, 9.17) is 23.2 Å². The van der Waals surface area contributed by atoms with Crippen LogP contribution in [0.25, 0.3) is 6.08 Å². The predicted octanol–water partition coefficient (Wildman–Crippen LogP) is 4.03. The molecule has 0 aliphatic carbocycles. The summed E-state index contributed by atoms with van der Waals surface area (Å²) in [6, 6.07) is 12.1. The van der Waals surface area contributed by atoms with Crippen molar-refractivity contribution in [1.82, 2.24) is 9.80 Å². The second-order valence-corrected chi connectivity index (χ2v) is 7.51. The first-order chi connectivity index (χ1) is 13.4. The largest absolute Gasteiger partial charge is 0.336 e. The number of carbonyl (C=O) groups is 2. The van der Waals surface area contributed by atoms with E-state index in [1.807, 2.05) is 24.1 Å². The number of anilines is 1. The van der Waals surface area contributed by atoms with Gasteiger partial charge in [0, 0.05) is 42.8 Å². The smallest absolute Gasteiger partial charge is 0.254 e. The first-order valence-electron chi connectivity index (χ1n) is 8.94. The van der Waals surface area contributed by atoms with Gasteiger partial charge in [0.2, 0.25) is 5.91 Å². The van der Waals surface area contributed by atoms with Crippen LogP contribution in [-0.4, -0.2) is 54.8 Å². The lowest BCUT2D eigenvalue weighted by Crippen LogP contribution is -2.47. The van der Waals surface area contributed by atoms with Crippen molar-refractivity contribution in [3.05, 3.63) is 69.7 Å². The van der Waals surface area contributed by atoms with E-state index in [0.29, 0.717) is 34.4 Å². The summed E-state index contributed by atoms with van der Waals surface area (Å²) in [6.07, 6.45) is 3.09. The van der Waals surface area contributed by atoms with E-state index >= 15 is 0 Å². The van der Waals surface area contributed by atoms with Gasteiger partial charge in [0.1, 0.15) is 0 Å². The van der Waals surface area contributed by atoms with Crippen molar-refractivity contribution in [2.45, 2.75) is 0 Å². The Labute approximate surface area is 174 Å². The summed E-state index contributed by atoms with van der Waals surface area (Å²) in [5.74, 6) is -0.391. The van der Waals surface area contributed by atoms with Crippen LogP contribution in [0.5, 0.6) is 0 Å². The summed E-state index contributed by atoms with van der Waals surface area (Å²) in [7, 11) is 2.04. The second kappa shape index (κ2) is 9.24. The maximum atomic E-state index is 12.7. The molecule has 1 N–H and O–H groups in total. The van der Waals surface area contributed by atoms with E-state index in [9.17, 15) is 9.59 Å². The Bertz CT molecular complexity index is 889. The average Bonchev–Trinajstić information content (AvgIpc) is 2.69. The monoisotopic (exact) mass is 417 g/mol. The number of hydrogen-bond donors (Lipinski definition) is 1. The van der Waals surface area contributed by atoms with Crippen LogP contribution in [-0.2, 0) is 4.79 Å². The average molecular weight is 418 g/mol. The van der Waals surface area contributed by atoms with Crippen molar-refractivity contribution in [2.24, 2.45) is 0 Å². The van der Waals surface area contributed by atoms with Crippen LogP contribution >= 0.6 is 23.2 Å². The Balaban J connectivity index is 1.68. The number of rotatable bonds is 4. The van der Waals surface area contributed by atoms with Crippen LogP contribution in [0, 0.1) is 0 Å². The number of halogens is 2. The molecule has 0 aromatic heterocycles. The zero-order valence-electron chi connectivity index (χ0n) is 15.5. The second-order valence-electron chi connectivity index (χ2n) is 6.66. The maximum absolute atomic E-state index is 12.7. The molecule has 0 unspecified atom stereocenters. The number of nitrogens with one attached hydrogen (secondary N) is 1. The van der Waals surface area contributed by atoms with Crippen LogP contribution in [0.15, 0.2) is 48.5 Å². The van der Waals surface area contributed by atoms with Crippen LogP contribution in [0.3, 0.4) is 0 Å². The maximum Gasteiger partial charge on any atom is 0.254 e. The normalized spacial score (nSPS) is 15.0. The lowest BCUT2D eigenvalue weighted by Gasteiger charge is -2.32. The van der Waals surface area contributed by atoms with E-state index < -0.39 is 0 Å². The number of hydrogen-bond acceptors (Lipinski definition) is 3. The lowest BCUT2D eigenvalue weighted by atomic mass is 10.1. The van der Waals surface area contributed by atoms with Gasteiger partial charge in [-0.05, 0) is 49.0 Å². The highest BCUT2D eigenvalue weighted by atomic mass is 35.5. The fraction of sp³-hybridized carbons (Fsp3) is 0.238. The number of piperazine rings is 1. The van der Waals surface area contributed by atoms with Gasteiger partial charge in [0.15, 0.2) is 0 Å². The minimum Gasteiger partial charge on any atom is -0.336 e.